The molecule has 0 amide bonds. The maximum Gasteiger partial charge on any atom is 0.198 e. The molecule has 1 aliphatic heterocycles. The van der Waals surface area contributed by atoms with E-state index in [1.54, 1.807) is 12.1 Å². The molecule has 2 aromatic carbocycles. The zero-order valence-electron chi connectivity index (χ0n) is 13.7. The molecule has 0 aromatic heterocycles. The van der Waals surface area contributed by atoms with Crippen LogP contribution in [0, 0.1) is 5.82 Å². The summed E-state index contributed by atoms with van der Waals surface area (Å²) in [6.07, 6.45) is 1.79. The molecule has 1 N–H and O–H groups in total. The average Bonchev–Trinajstić information content (AvgIpc) is 2.54. The zero-order chi connectivity index (χ0) is 16.4. The first-order valence-corrected chi connectivity index (χ1v) is 7.91. The monoisotopic (exact) mass is 328 g/mol. The second-order valence-corrected chi connectivity index (χ2v) is 5.96. The summed E-state index contributed by atoms with van der Waals surface area (Å²) in [4.78, 5) is 4.85. The van der Waals surface area contributed by atoms with Gasteiger partial charge < -0.3 is 10.1 Å². The van der Waals surface area contributed by atoms with E-state index < -0.39 is 5.72 Å². The van der Waals surface area contributed by atoms with Crippen LogP contribution in [-0.2, 0) is 0 Å². The Morgan fingerprint density at radius 1 is 1.17 bits per heavy atom. The van der Waals surface area contributed by atoms with Gasteiger partial charge in [-0.05, 0) is 43.3 Å². The van der Waals surface area contributed by atoms with Crippen molar-refractivity contribution in [3.63, 3.8) is 0 Å². The van der Waals surface area contributed by atoms with Crippen LogP contribution in [0.15, 0.2) is 47.5 Å². The topological polar surface area (TPSA) is 33.6 Å². The lowest BCUT2D eigenvalue weighted by Crippen LogP contribution is -2.35. The number of hydrogen-bond donors (Lipinski definition) is 1. The summed E-state index contributed by atoms with van der Waals surface area (Å²) in [5, 5.41) is 3.13. The van der Waals surface area contributed by atoms with Crippen LogP contribution in [0.5, 0.6) is 5.75 Å². The van der Waals surface area contributed by atoms with Gasteiger partial charge >= 0.3 is 0 Å². The van der Waals surface area contributed by atoms with E-state index in [-0.39, 0.29) is 13.2 Å². The van der Waals surface area contributed by atoms with E-state index in [4.69, 9.17) is 9.73 Å². The first kappa shape index (κ1) is 18.0. The van der Waals surface area contributed by atoms with E-state index in [1.165, 1.54) is 12.1 Å². The van der Waals surface area contributed by atoms with Crippen molar-refractivity contribution < 1.29 is 9.13 Å². The number of ether oxygens (including phenoxy) is 1. The van der Waals surface area contributed by atoms with Crippen LogP contribution in [0.4, 0.5) is 10.1 Å². The van der Waals surface area contributed by atoms with Gasteiger partial charge in [0.15, 0.2) is 5.72 Å². The van der Waals surface area contributed by atoms with E-state index in [1.807, 2.05) is 32.2 Å². The molecule has 2 aromatic rings. The molecule has 3 nitrogen and oxygen atoms in total. The minimum absolute atomic E-state index is 0. The van der Waals surface area contributed by atoms with Crippen molar-refractivity contribution >= 4 is 11.4 Å². The molecule has 0 aliphatic carbocycles. The van der Waals surface area contributed by atoms with E-state index in [2.05, 4.69) is 12.2 Å². The van der Waals surface area contributed by atoms with Crippen LogP contribution in [0.25, 0.3) is 0 Å². The quantitative estimate of drug-likeness (QED) is 0.831. The van der Waals surface area contributed by atoms with Crippen molar-refractivity contribution in [1.29, 1.82) is 0 Å². The molecular weight excluding hydrogens is 303 g/mol. The summed E-state index contributed by atoms with van der Waals surface area (Å²) in [5.74, 6) is 0.561. The van der Waals surface area contributed by atoms with Crippen molar-refractivity contribution in [3.05, 3.63) is 59.4 Å². The van der Waals surface area contributed by atoms with Gasteiger partial charge in [-0.3, -0.25) is 0 Å². The number of hydrogen-bond acceptors (Lipinski definition) is 3. The molecule has 1 unspecified atom stereocenters. The van der Waals surface area contributed by atoms with E-state index >= 15 is 0 Å². The lowest BCUT2D eigenvalue weighted by atomic mass is 9.97. The highest BCUT2D eigenvalue weighted by atomic mass is 19.1. The summed E-state index contributed by atoms with van der Waals surface area (Å²) in [6, 6.07) is 12.4. The fourth-order valence-electron chi connectivity index (χ4n) is 2.91. The number of fused-ring (bicyclic) bond motifs is 1. The van der Waals surface area contributed by atoms with Gasteiger partial charge in [0, 0.05) is 36.3 Å². The fourth-order valence-corrected chi connectivity index (χ4v) is 2.91. The van der Waals surface area contributed by atoms with Gasteiger partial charge in [0.05, 0.1) is 5.71 Å². The van der Waals surface area contributed by atoms with Crippen molar-refractivity contribution in [2.24, 2.45) is 4.99 Å². The predicted molar refractivity (Wildman–Crippen MR) is 98.7 cm³/mol. The maximum absolute atomic E-state index is 13.2. The molecule has 1 heterocycles. The minimum atomic E-state index is -0.599. The Labute approximate surface area is 143 Å². The molecule has 0 radical (unpaired) electrons. The van der Waals surface area contributed by atoms with E-state index in [9.17, 15) is 4.39 Å². The lowest BCUT2D eigenvalue weighted by molar-refractivity contribution is 0.0840. The molecule has 24 heavy (non-hydrogen) atoms. The first-order chi connectivity index (χ1) is 11.0. The first-order valence-electron chi connectivity index (χ1n) is 7.91. The fraction of sp³-hybridized carbons (Fsp3) is 0.350. The maximum atomic E-state index is 13.2. The normalized spacial score (nSPS) is 18.8. The van der Waals surface area contributed by atoms with Crippen LogP contribution in [0.3, 0.4) is 0 Å². The molecule has 0 saturated heterocycles. The molecular formula is C20H25FN2O. The minimum Gasteiger partial charge on any atom is -0.466 e. The molecule has 4 heteroatoms. The second kappa shape index (κ2) is 7.04. The molecule has 3 rings (SSSR count). The smallest absolute Gasteiger partial charge is 0.198 e. The summed E-state index contributed by atoms with van der Waals surface area (Å²) >= 11 is 0. The van der Waals surface area contributed by atoms with Gasteiger partial charge in [-0.25, -0.2) is 9.38 Å². The van der Waals surface area contributed by atoms with Gasteiger partial charge in [-0.15, -0.1) is 0 Å². The Bertz CT molecular complexity index is 740. The van der Waals surface area contributed by atoms with Crippen molar-refractivity contribution in [2.45, 2.75) is 39.8 Å². The van der Waals surface area contributed by atoms with Gasteiger partial charge in [-0.1, -0.05) is 20.8 Å². The number of nitrogens with zero attached hydrogens (tertiary/aromatic N) is 1. The molecule has 0 saturated carbocycles. The highest BCUT2D eigenvalue weighted by Gasteiger charge is 2.32. The number of aliphatic imine (C=N–C) groups is 1. The average molecular weight is 328 g/mol. The summed E-state index contributed by atoms with van der Waals surface area (Å²) in [5.41, 5.74) is 3.07. The lowest BCUT2D eigenvalue weighted by Gasteiger charge is -2.33. The van der Waals surface area contributed by atoms with Gasteiger partial charge in [0.2, 0.25) is 0 Å². The second-order valence-electron chi connectivity index (χ2n) is 5.96. The third-order valence-electron chi connectivity index (χ3n) is 4.04. The Morgan fingerprint density at radius 2 is 1.88 bits per heavy atom. The van der Waals surface area contributed by atoms with Gasteiger partial charge in [-0.2, -0.15) is 0 Å². The molecule has 0 bridgehead atoms. The highest BCUT2D eigenvalue weighted by Crippen LogP contribution is 2.36. The van der Waals surface area contributed by atoms with Crippen molar-refractivity contribution in [3.8, 4) is 5.75 Å². The summed E-state index contributed by atoms with van der Waals surface area (Å²) < 4.78 is 19.4. The van der Waals surface area contributed by atoms with E-state index in [0.29, 0.717) is 0 Å². The zero-order valence-corrected chi connectivity index (χ0v) is 13.7. The summed E-state index contributed by atoms with van der Waals surface area (Å²) in [7, 11) is 1.88. The Kier molecular flexibility index (Phi) is 5.27. The van der Waals surface area contributed by atoms with Crippen molar-refractivity contribution in [1.82, 2.24) is 0 Å². The van der Waals surface area contributed by atoms with Gasteiger partial charge in [0.25, 0.3) is 0 Å². The summed E-state index contributed by atoms with van der Waals surface area (Å²) in [6.45, 7) is 4.11. The Hall–Kier alpha value is -2.36. The SMILES string of the molecule is C.CCCC1(C)N=C(c2ccc(F)cc2)c2ccc(NC)cc2O1. The Balaban J connectivity index is 0.00000208. The highest BCUT2D eigenvalue weighted by molar-refractivity contribution is 6.15. The molecule has 0 spiro atoms. The third-order valence-corrected chi connectivity index (χ3v) is 4.04. The standard InChI is InChI=1S/C19H21FN2O.CH4/c1-4-11-19(2)22-18(13-5-7-14(20)8-6-13)16-10-9-15(21-3)12-17(16)23-19;/h5-10,12,21H,4,11H2,1-3H3;1H4. The number of anilines is 1. The van der Waals surface area contributed by atoms with Gasteiger partial charge in [0.1, 0.15) is 11.6 Å². The largest absolute Gasteiger partial charge is 0.466 e. The van der Waals surface area contributed by atoms with Crippen LogP contribution in [-0.4, -0.2) is 18.5 Å². The molecule has 1 aliphatic rings. The Morgan fingerprint density at radius 3 is 2.50 bits per heavy atom. The number of halogens is 1. The van der Waals surface area contributed by atoms with Crippen LogP contribution in [0.2, 0.25) is 0 Å². The number of rotatable bonds is 4. The van der Waals surface area contributed by atoms with Crippen LogP contribution in [0.1, 0.15) is 45.2 Å². The third kappa shape index (κ3) is 3.42. The molecule has 128 valence electrons. The van der Waals surface area contributed by atoms with Crippen molar-refractivity contribution in [2.75, 3.05) is 12.4 Å². The molecule has 0 fully saturated rings. The molecule has 1 atom stereocenters. The number of nitrogens with one attached hydrogen (secondary N) is 1. The predicted octanol–water partition coefficient (Wildman–Crippen LogP) is 5.25. The van der Waals surface area contributed by atoms with E-state index in [0.717, 1.165) is 41.1 Å². The van der Waals surface area contributed by atoms with Crippen LogP contribution >= 0.6 is 0 Å². The van der Waals surface area contributed by atoms with Crippen LogP contribution < -0.4 is 10.1 Å². The number of benzene rings is 2.